The molecule has 1 saturated carbocycles. The molecule has 1 aliphatic rings. The van der Waals surface area contributed by atoms with Crippen LogP contribution in [0.1, 0.15) is 43.0 Å². The first kappa shape index (κ1) is 18.3. The molecule has 6 nitrogen and oxygen atoms in total. The molecule has 0 saturated heterocycles. The first-order valence-electron chi connectivity index (χ1n) is 9.53. The Morgan fingerprint density at radius 2 is 1.86 bits per heavy atom. The van der Waals surface area contributed by atoms with E-state index in [9.17, 15) is 9.59 Å². The summed E-state index contributed by atoms with van der Waals surface area (Å²) in [6, 6.07) is 8.26. The molecular weight excluding hydrogens is 352 g/mol. The molecule has 4 rings (SSSR count). The van der Waals surface area contributed by atoms with Crippen LogP contribution >= 0.6 is 0 Å². The zero-order valence-corrected chi connectivity index (χ0v) is 16.7. The van der Waals surface area contributed by atoms with Gasteiger partial charge in [0.1, 0.15) is 17.9 Å². The molecule has 1 fully saturated rings. The summed E-state index contributed by atoms with van der Waals surface area (Å²) in [6.07, 6.45) is 2.80. The Balaban J connectivity index is 1.79. The molecule has 1 N–H and O–H groups in total. The largest absolute Gasteiger partial charge is 0.310 e. The highest BCUT2D eigenvalue weighted by atomic mass is 16.2. The molecule has 144 valence electrons. The molecule has 2 aromatic heterocycles. The number of hydrogen-bond acceptors (Lipinski definition) is 4. The summed E-state index contributed by atoms with van der Waals surface area (Å²) < 4.78 is 2.09. The third kappa shape index (κ3) is 2.89. The number of hydrogen-bond donors (Lipinski definition) is 1. The second-order valence-corrected chi connectivity index (χ2v) is 8.03. The predicted octanol–water partition coefficient (Wildman–Crippen LogP) is 4.04. The molecule has 1 amide bonds. The van der Waals surface area contributed by atoms with Crippen LogP contribution in [0.2, 0.25) is 0 Å². The smallest absolute Gasteiger partial charge is 0.231 e. The van der Waals surface area contributed by atoms with Crippen molar-refractivity contribution in [3.63, 3.8) is 0 Å². The minimum Gasteiger partial charge on any atom is -0.310 e. The van der Waals surface area contributed by atoms with Crippen LogP contribution < -0.4 is 5.32 Å². The Kier molecular flexibility index (Phi) is 4.29. The lowest BCUT2D eigenvalue weighted by atomic mass is 9.88. The highest BCUT2D eigenvalue weighted by molar-refractivity contribution is 6.05. The summed E-state index contributed by atoms with van der Waals surface area (Å²) in [7, 11) is 0. The molecule has 6 heteroatoms. The zero-order chi connectivity index (χ0) is 20.1. The lowest BCUT2D eigenvalue weighted by Gasteiger charge is -2.21. The second-order valence-electron chi connectivity index (χ2n) is 8.03. The van der Waals surface area contributed by atoms with Crippen LogP contribution in [0.3, 0.4) is 0 Å². The molecular formula is C22H24N4O2. The quantitative estimate of drug-likeness (QED) is 0.748. The van der Waals surface area contributed by atoms with Gasteiger partial charge >= 0.3 is 0 Å². The Morgan fingerprint density at radius 3 is 2.50 bits per heavy atom. The van der Waals surface area contributed by atoms with Gasteiger partial charge in [0, 0.05) is 24.2 Å². The SMILES string of the molecule is Cc1ccc(-n2c(C)c(C)c3c(NC(=O)C4(C)CCC(=O)C4)ncnc32)cc1. The molecule has 1 atom stereocenters. The third-order valence-corrected chi connectivity index (χ3v) is 5.91. The maximum Gasteiger partial charge on any atom is 0.231 e. The van der Waals surface area contributed by atoms with Gasteiger partial charge in [-0.15, -0.1) is 0 Å². The van der Waals surface area contributed by atoms with E-state index >= 15 is 0 Å². The van der Waals surface area contributed by atoms with Crippen LogP contribution in [-0.4, -0.2) is 26.2 Å². The van der Waals surface area contributed by atoms with Crippen molar-refractivity contribution in [1.29, 1.82) is 0 Å². The monoisotopic (exact) mass is 376 g/mol. The van der Waals surface area contributed by atoms with Crippen LogP contribution in [0, 0.1) is 26.2 Å². The van der Waals surface area contributed by atoms with Crippen LogP contribution in [0.15, 0.2) is 30.6 Å². The number of aromatic nitrogens is 3. The summed E-state index contributed by atoms with van der Waals surface area (Å²) in [5.41, 5.74) is 4.38. The van der Waals surface area contributed by atoms with Crippen molar-refractivity contribution in [3.05, 3.63) is 47.4 Å². The van der Waals surface area contributed by atoms with Gasteiger partial charge in [-0.1, -0.05) is 24.6 Å². The number of rotatable bonds is 3. The molecule has 2 heterocycles. The normalized spacial score (nSPS) is 19.4. The zero-order valence-electron chi connectivity index (χ0n) is 16.7. The van der Waals surface area contributed by atoms with Crippen molar-refractivity contribution in [2.45, 2.75) is 47.0 Å². The van der Waals surface area contributed by atoms with Gasteiger partial charge < -0.3 is 5.32 Å². The molecule has 3 aromatic rings. The number of Topliss-reactive ketones (excluding diaryl/α,β-unsaturated/α-hetero) is 1. The Morgan fingerprint density at radius 1 is 1.14 bits per heavy atom. The van der Waals surface area contributed by atoms with E-state index in [1.165, 1.54) is 11.9 Å². The van der Waals surface area contributed by atoms with E-state index < -0.39 is 5.41 Å². The fourth-order valence-electron chi connectivity index (χ4n) is 3.98. The van der Waals surface area contributed by atoms with Gasteiger partial charge in [-0.05, 0) is 44.9 Å². The van der Waals surface area contributed by atoms with E-state index in [0.29, 0.717) is 18.7 Å². The average molecular weight is 376 g/mol. The second kappa shape index (κ2) is 6.55. The van der Waals surface area contributed by atoms with Crippen LogP contribution in [0.25, 0.3) is 16.7 Å². The van der Waals surface area contributed by atoms with Crippen molar-refractivity contribution >= 4 is 28.5 Å². The molecule has 0 bridgehead atoms. The number of anilines is 1. The summed E-state index contributed by atoms with van der Waals surface area (Å²) in [6.45, 7) is 7.96. The van der Waals surface area contributed by atoms with Gasteiger partial charge in [-0.25, -0.2) is 9.97 Å². The van der Waals surface area contributed by atoms with E-state index in [0.717, 1.165) is 28.0 Å². The highest BCUT2D eigenvalue weighted by Crippen LogP contribution is 2.38. The molecule has 1 aromatic carbocycles. The molecule has 1 unspecified atom stereocenters. The lowest BCUT2D eigenvalue weighted by Crippen LogP contribution is -2.31. The lowest BCUT2D eigenvalue weighted by molar-refractivity contribution is -0.127. The molecule has 28 heavy (non-hydrogen) atoms. The van der Waals surface area contributed by atoms with Crippen molar-refractivity contribution in [1.82, 2.24) is 14.5 Å². The maximum absolute atomic E-state index is 12.9. The summed E-state index contributed by atoms with van der Waals surface area (Å²) >= 11 is 0. The summed E-state index contributed by atoms with van der Waals surface area (Å²) in [5, 5.41) is 3.81. The van der Waals surface area contributed by atoms with E-state index in [1.807, 2.05) is 20.8 Å². The van der Waals surface area contributed by atoms with E-state index in [2.05, 4.69) is 51.0 Å². The summed E-state index contributed by atoms with van der Waals surface area (Å²) in [5.74, 6) is 0.489. The number of aryl methyl sites for hydroxylation is 2. The minimum absolute atomic E-state index is 0.142. The minimum atomic E-state index is -0.670. The Bertz CT molecular complexity index is 1100. The van der Waals surface area contributed by atoms with Gasteiger partial charge in [0.05, 0.1) is 10.8 Å². The van der Waals surface area contributed by atoms with Crippen molar-refractivity contribution in [3.8, 4) is 5.69 Å². The molecule has 0 aliphatic heterocycles. The fraction of sp³-hybridized carbons (Fsp3) is 0.364. The number of amides is 1. The van der Waals surface area contributed by atoms with Crippen molar-refractivity contribution < 1.29 is 9.59 Å². The average Bonchev–Trinajstić information content (AvgIpc) is 3.15. The van der Waals surface area contributed by atoms with Gasteiger partial charge in [-0.2, -0.15) is 0 Å². The van der Waals surface area contributed by atoms with Gasteiger partial charge in [-0.3, -0.25) is 14.2 Å². The highest BCUT2D eigenvalue weighted by Gasteiger charge is 2.41. The van der Waals surface area contributed by atoms with E-state index in [-0.39, 0.29) is 18.1 Å². The van der Waals surface area contributed by atoms with E-state index in [1.54, 1.807) is 0 Å². The van der Waals surface area contributed by atoms with E-state index in [4.69, 9.17) is 0 Å². The first-order valence-corrected chi connectivity index (χ1v) is 9.53. The fourth-order valence-corrected chi connectivity index (χ4v) is 3.98. The van der Waals surface area contributed by atoms with Crippen molar-refractivity contribution in [2.24, 2.45) is 5.41 Å². The molecule has 0 spiro atoms. The number of nitrogens with one attached hydrogen (secondary N) is 1. The Hall–Kier alpha value is -3.02. The summed E-state index contributed by atoms with van der Waals surface area (Å²) in [4.78, 5) is 33.5. The topological polar surface area (TPSA) is 76.9 Å². The number of ketones is 1. The molecule has 1 aliphatic carbocycles. The van der Waals surface area contributed by atoms with Gasteiger partial charge in [0.15, 0.2) is 5.65 Å². The first-order chi connectivity index (χ1) is 13.3. The number of nitrogens with zero attached hydrogens (tertiary/aromatic N) is 3. The third-order valence-electron chi connectivity index (χ3n) is 5.91. The number of fused-ring (bicyclic) bond motifs is 1. The molecule has 0 radical (unpaired) electrons. The number of carbonyl (C=O) groups excluding carboxylic acids is 2. The van der Waals surface area contributed by atoms with Crippen LogP contribution in [0.4, 0.5) is 5.82 Å². The maximum atomic E-state index is 12.9. The van der Waals surface area contributed by atoms with Crippen molar-refractivity contribution in [2.75, 3.05) is 5.32 Å². The standard InChI is InChI=1S/C22H24N4O2/c1-13-5-7-16(8-6-13)26-15(3)14(2)18-19(23-12-24-20(18)26)25-21(28)22(4)10-9-17(27)11-22/h5-8,12H,9-11H2,1-4H3,(H,23,24,25,28). The predicted molar refractivity (Wildman–Crippen MR) is 109 cm³/mol. The van der Waals surface area contributed by atoms with Gasteiger partial charge in [0.2, 0.25) is 5.91 Å². The Labute approximate surface area is 164 Å². The van der Waals surface area contributed by atoms with Crippen LogP contribution in [0.5, 0.6) is 0 Å². The van der Waals surface area contributed by atoms with Gasteiger partial charge in [0.25, 0.3) is 0 Å². The number of carbonyl (C=O) groups is 2. The van der Waals surface area contributed by atoms with Crippen LogP contribution in [-0.2, 0) is 9.59 Å². The number of benzene rings is 1.